The van der Waals surface area contributed by atoms with Crippen LogP contribution in [-0.4, -0.2) is 62.6 Å². The highest BCUT2D eigenvalue weighted by Crippen LogP contribution is 1.99. The zero-order chi connectivity index (χ0) is 17.8. The molecule has 0 saturated heterocycles. The Hall–Kier alpha value is -1.67. The normalized spacial score (nSPS) is 12.4. The zero-order valence-electron chi connectivity index (χ0n) is 14.8. The summed E-state index contributed by atoms with van der Waals surface area (Å²) in [5.74, 6) is 0.746. The van der Waals surface area contributed by atoms with Crippen LogP contribution in [0.5, 0.6) is 0 Å². The van der Waals surface area contributed by atoms with E-state index in [1.807, 2.05) is 32.0 Å². The predicted octanol–water partition coefficient (Wildman–Crippen LogP) is 0.851. The summed E-state index contributed by atoms with van der Waals surface area (Å²) in [4.78, 5) is 8.77. The third kappa shape index (κ3) is 8.26. The molecule has 1 heterocycles. The molecule has 0 aliphatic rings. The van der Waals surface area contributed by atoms with E-state index in [-0.39, 0.29) is 0 Å². The molecule has 2 N–H and O–H groups in total. The number of hydrogen-bond donors (Lipinski definition) is 2. The van der Waals surface area contributed by atoms with Gasteiger partial charge in [-0.05, 0) is 25.5 Å². The smallest absolute Gasteiger partial charge is 0.211 e. The van der Waals surface area contributed by atoms with Crippen LogP contribution in [-0.2, 0) is 16.4 Å². The van der Waals surface area contributed by atoms with Crippen molar-refractivity contribution in [1.82, 2.24) is 19.9 Å². The molecule has 0 aliphatic carbocycles. The molecule has 0 unspecified atom stereocenters. The summed E-state index contributed by atoms with van der Waals surface area (Å²) in [6.07, 6.45) is 4.54. The lowest BCUT2D eigenvalue weighted by atomic mass is 10.3. The van der Waals surface area contributed by atoms with Gasteiger partial charge in [-0.1, -0.05) is 13.0 Å². The minimum absolute atomic E-state index is 0.491. The molecular formula is C16H29N5O2S. The fraction of sp³-hybridized carbons (Fsp3) is 0.625. The Kier molecular flexibility index (Phi) is 9.33. The molecule has 8 heteroatoms. The maximum atomic E-state index is 11.5. The highest BCUT2D eigenvalue weighted by Gasteiger charge is 2.12. The van der Waals surface area contributed by atoms with Gasteiger partial charge in [0.1, 0.15) is 0 Å². The summed E-state index contributed by atoms with van der Waals surface area (Å²) in [6.45, 7) is 6.93. The summed E-state index contributed by atoms with van der Waals surface area (Å²) >= 11 is 0. The molecule has 136 valence electrons. The summed E-state index contributed by atoms with van der Waals surface area (Å²) < 4.78 is 24.5. The minimum Gasteiger partial charge on any atom is -0.357 e. The van der Waals surface area contributed by atoms with E-state index in [4.69, 9.17) is 0 Å². The van der Waals surface area contributed by atoms with Gasteiger partial charge in [0.15, 0.2) is 5.96 Å². The molecule has 0 saturated carbocycles. The van der Waals surface area contributed by atoms with Crippen LogP contribution in [0, 0.1) is 0 Å². The highest BCUT2D eigenvalue weighted by atomic mass is 32.2. The van der Waals surface area contributed by atoms with Gasteiger partial charge in [-0.3, -0.25) is 9.98 Å². The van der Waals surface area contributed by atoms with Gasteiger partial charge in [0, 0.05) is 51.0 Å². The number of nitrogens with zero attached hydrogens (tertiary/aromatic N) is 3. The van der Waals surface area contributed by atoms with Gasteiger partial charge < -0.3 is 10.6 Å². The number of rotatable bonds is 10. The van der Waals surface area contributed by atoms with E-state index in [9.17, 15) is 8.42 Å². The van der Waals surface area contributed by atoms with Crippen LogP contribution >= 0.6 is 0 Å². The van der Waals surface area contributed by atoms with Crippen molar-refractivity contribution in [3.8, 4) is 0 Å². The fourth-order valence-electron chi connectivity index (χ4n) is 2.19. The minimum atomic E-state index is -3.12. The summed E-state index contributed by atoms with van der Waals surface area (Å²) in [6, 6.07) is 5.87. The molecule has 0 fully saturated rings. The Morgan fingerprint density at radius 1 is 1.29 bits per heavy atom. The molecule has 7 nitrogen and oxygen atoms in total. The lowest BCUT2D eigenvalue weighted by molar-refractivity contribution is 0.427. The average molecular weight is 356 g/mol. The van der Waals surface area contributed by atoms with Crippen molar-refractivity contribution >= 4 is 16.0 Å². The first-order chi connectivity index (χ1) is 11.5. The molecule has 0 aromatic carbocycles. The first kappa shape index (κ1) is 20.4. The van der Waals surface area contributed by atoms with Gasteiger partial charge in [0.2, 0.25) is 10.0 Å². The van der Waals surface area contributed by atoms with Crippen LogP contribution in [0.4, 0.5) is 0 Å². The molecule has 1 rings (SSSR count). The van der Waals surface area contributed by atoms with E-state index in [1.165, 1.54) is 10.6 Å². The summed E-state index contributed by atoms with van der Waals surface area (Å²) in [7, 11) is -3.12. The Morgan fingerprint density at radius 3 is 2.67 bits per heavy atom. The van der Waals surface area contributed by atoms with Gasteiger partial charge in [0.05, 0.1) is 6.26 Å². The Labute approximate surface area is 145 Å². The largest absolute Gasteiger partial charge is 0.357 e. The second-order valence-corrected chi connectivity index (χ2v) is 7.35. The van der Waals surface area contributed by atoms with Gasteiger partial charge in [-0.15, -0.1) is 0 Å². The fourth-order valence-corrected chi connectivity index (χ4v) is 3.12. The van der Waals surface area contributed by atoms with E-state index in [1.54, 1.807) is 6.20 Å². The summed E-state index contributed by atoms with van der Waals surface area (Å²) in [5, 5.41) is 6.46. The number of pyridine rings is 1. The Balaban J connectivity index is 2.39. The molecule has 0 spiro atoms. The van der Waals surface area contributed by atoms with Crippen molar-refractivity contribution in [2.45, 2.75) is 26.7 Å². The van der Waals surface area contributed by atoms with Crippen LogP contribution in [0.3, 0.4) is 0 Å². The van der Waals surface area contributed by atoms with Crippen LogP contribution in [0.25, 0.3) is 0 Å². The molecule has 0 bridgehead atoms. The monoisotopic (exact) mass is 355 g/mol. The lowest BCUT2D eigenvalue weighted by Crippen LogP contribution is -2.38. The van der Waals surface area contributed by atoms with E-state index in [0.717, 1.165) is 31.2 Å². The molecule has 0 aliphatic heterocycles. The molecule has 0 radical (unpaired) electrons. The van der Waals surface area contributed by atoms with Gasteiger partial charge in [0.25, 0.3) is 0 Å². The maximum Gasteiger partial charge on any atom is 0.211 e. The van der Waals surface area contributed by atoms with Gasteiger partial charge in [-0.25, -0.2) is 12.7 Å². The quantitative estimate of drug-likeness (QED) is 0.369. The SMILES string of the molecule is CCNC(=NCCCN(CC)S(C)(=O)=O)NCCc1ccccn1. The van der Waals surface area contributed by atoms with Gasteiger partial charge in [-0.2, -0.15) is 0 Å². The second-order valence-electron chi connectivity index (χ2n) is 5.37. The van der Waals surface area contributed by atoms with Crippen LogP contribution in [0.15, 0.2) is 29.4 Å². The zero-order valence-corrected chi connectivity index (χ0v) is 15.6. The molecule has 0 atom stereocenters. The first-order valence-electron chi connectivity index (χ1n) is 8.34. The number of aromatic nitrogens is 1. The molecular weight excluding hydrogens is 326 g/mol. The predicted molar refractivity (Wildman–Crippen MR) is 98.6 cm³/mol. The number of aliphatic imine (C=N–C) groups is 1. The third-order valence-corrected chi connectivity index (χ3v) is 4.78. The first-order valence-corrected chi connectivity index (χ1v) is 10.2. The van der Waals surface area contributed by atoms with Crippen molar-refractivity contribution in [3.63, 3.8) is 0 Å². The number of hydrogen-bond acceptors (Lipinski definition) is 4. The van der Waals surface area contributed by atoms with Crippen molar-refractivity contribution in [3.05, 3.63) is 30.1 Å². The maximum absolute atomic E-state index is 11.5. The average Bonchev–Trinajstić information content (AvgIpc) is 2.54. The van der Waals surface area contributed by atoms with Crippen LogP contribution in [0.2, 0.25) is 0 Å². The van der Waals surface area contributed by atoms with Gasteiger partial charge >= 0.3 is 0 Å². The lowest BCUT2D eigenvalue weighted by Gasteiger charge is -2.17. The van der Waals surface area contributed by atoms with Crippen molar-refractivity contribution in [2.24, 2.45) is 4.99 Å². The Bertz CT molecular complexity index is 590. The molecule has 0 amide bonds. The van der Waals surface area contributed by atoms with Crippen molar-refractivity contribution in [2.75, 3.05) is 39.0 Å². The van der Waals surface area contributed by atoms with E-state index in [0.29, 0.717) is 26.1 Å². The molecule has 24 heavy (non-hydrogen) atoms. The van der Waals surface area contributed by atoms with E-state index in [2.05, 4.69) is 20.6 Å². The summed E-state index contributed by atoms with van der Waals surface area (Å²) in [5.41, 5.74) is 1.03. The topological polar surface area (TPSA) is 86.7 Å². The number of nitrogens with one attached hydrogen (secondary N) is 2. The Morgan fingerprint density at radius 2 is 2.08 bits per heavy atom. The van der Waals surface area contributed by atoms with Crippen LogP contribution in [0.1, 0.15) is 26.0 Å². The van der Waals surface area contributed by atoms with Crippen LogP contribution < -0.4 is 10.6 Å². The third-order valence-electron chi connectivity index (χ3n) is 3.40. The van der Waals surface area contributed by atoms with E-state index < -0.39 is 10.0 Å². The number of guanidine groups is 1. The molecule has 1 aromatic heterocycles. The molecule has 1 aromatic rings. The van der Waals surface area contributed by atoms with E-state index >= 15 is 0 Å². The second kappa shape index (κ2) is 11.0. The number of sulfonamides is 1. The highest BCUT2D eigenvalue weighted by molar-refractivity contribution is 7.88. The van der Waals surface area contributed by atoms with Crippen molar-refractivity contribution in [1.29, 1.82) is 0 Å². The standard InChI is InChI=1S/C16H29N5O2S/c1-4-17-16(20-13-10-15-9-6-7-11-18-15)19-12-8-14-21(5-2)24(3,22)23/h6-7,9,11H,4-5,8,10,12-14H2,1-3H3,(H2,17,19,20). The van der Waals surface area contributed by atoms with Crippen molar-refractivity contribution < 1.29 is 8.42 Å².